The minimum atomic E-state index is -0.634. The maximum absolute atomic E-state index is 12.7. The molecule has 3 rings (SSSR count). The smallest absolute Gasteiger partial charge is 0.331 e. The predicted molar refractivity (Wildman–Crippen MR) is 99.6 cm³/mol. The molecule has 2 heterocycles. The first kappa shape index (κ1) is 17.8. The fourth-order valence-corrected chi connectivity index (χ4v) is 3.19. The van der Waals surface area contributed by atoms with Gasteiger partial charge in [0.15, 0.2) is 0 Å². The molecule has 3 amide bonds. The molecular formula is C19H22N4O3. The van der Waals surface area contributed by atoms with Crippen molar-refractivity contribution in [3.05, 3.63) is 41.6 Å². The van der Waals surface area contributed by atoms with Crippen molar-refractivity contribution < 1.29 is 14.3 Å². The van der Waals surface area contributed by atoms with Crippen molar-refractivity contribution in [1.29, 1.82) is 0 Å². The van der Waals surface area contributed by atoms with Crippen molar-refractivity contribution in [3.63, 3.8) is 0 Å². The lowest BCUT2D eigenvalue weighted by Gasteiger charge is -2.37. The molecule has 0 aromatic heterocycles. The zero-order valence-electron chi connectivity index (χ0n) is 15.4. The summed E-state index contributed by atoms with van der Waals surface area (Å²) in [7, 11) is 4.75. The average Bonchev–Trinajstić information content (AvgIpc) is 2.66. The molecule has 2 aliphatic heterocycles. The number of para-hydroxylation sites is 1. The van der Waals surface area contributed by atoms with Crippen LogP contribution in [0.3, 0.4) is 0 Å². The number of allylic oxidation sites excluding steroid dienone is 1. The summed E-state index contributed by atoms with van der Waals surface area (Å²) < 4.78 is 5.37. The lowest BCUT2D eigenvalue weighted by atomic mass is 9.91. The number of methoxy groups -OCH3 is 1. The standard InChI is InChI=1S/C19H22N4O3/c1-12-11-21-17-15(18(24)23(3)19(25)22(17)2)16(12)20-10-9-13-7-5-6-8-14(13)26-4/h5-8,11,15H,9-10H2,1-4H3. The largest absolute Gasteiger partial charge is 0.496 e. The monoisotopic (exact) mass is 354 g/mol. The highest BCUT2D eigenvalue weighted by molar-refractivity contribution is 6.33. The molecular weight excluding hydrogens is 332 g/mol. The Kier molecular flexibility index (Phi) is 4.88. The maximum Gasteiger partial charge on any atom is 0.331 e. The number of imide groups is 1. The van der Waals surface area contributed by atoms with Crippen molar-refractivity contribution in [2.45, 2.75) is 13.3 Å². The molecule has 1 aromatic carbocycles. The Morgan fingerprint density at radius 3 is 2.65 bits per heavy atom. The Balaban J connectivity index is 1.86. The summed E-state index contributed by atoms with van der Waals surface area (Å²) in [6.07, 6.45) is 2.36. The van der Waals surface area contributed by atoms with Crippen LogP contribution in [0.15, 0.2) is 46.0 Å². The molecule has 0 spiro atoms. The molecule has 0 N–H and O–H groups in total. The van der Waals surface area contributed by atoms with Crippen LogP contribution in [0.5, 0.6) is 5.75 Å². The van der Waals surface area contributed by atoms with Crippen LogP contribution in [0, 0.1) is 5.92 Å². The molecule has 1 saturated heterocycles. The minimum Gasteiger partial charge on any atom is -0.496 e. The second-order valence-electron chi connectivity index (χ2n) is 6.30. The van der Waals surface area contributed by atoms with Crippen LogP contribution < -0.4 is 4.74 Å². The van der Waals surface area contributed by atoms with Crippen molar-refractivity contribution in [1.82, 2.24) is 9.80 Å². The van der Waals surface area contributed by atoms with Gasteiger partial charge in [0, 0.05) is 26.8 Å². The number of urea groups is 1. The third kappa shape index (κ3) is 3.00. The van der Waals surface area contributed by atoms with Gasteiger partial charge in [-0.25, -0.2) is 9.79 Å². The van der Waals surface area contributed by atoms with Crippen LogP contribution in [-0.2, 0) is 11.2 Å². The second kappa shape index (κ2) is 7.11. The SMILES string of the molecule is COc1ccccc1CCN=C1C(C)=CN=C2C1C(=O)N(C)C(=O)N2C. The molecule has 1 atom stereocenters. The van der Waals surface area contributed by atoms with E-state index in [1.807, 2.05) is 31.2 Å². The Labute approximate surface area is 152 Å². The van der Waals surface area contributed by atoms with Gasteiger partial charge in [0.2, 0.25) is 5.91 Å². The van der Waals surface area contributed by atoms with Crippen LogP contribution in [0.2, 0.25) is 0 Å². The van der Waals surface area contributed by atoms with E-state index in [9.17, 15) is 9.59 Å². The fourth-order valence-electron chi connectivity index (χ4n) is 3.19. The van der Waals surface area contributed by atoms with E-state index in [-0.39, 0.29) is 11.9 Å². The highest BCUT2D eigenvalue weighted by atomic mass is 16.5. The van der Waals surface area contributed by atoms with E-state index in [1.165, 1.54) is 11.9 Å². The predicted octanol–water partition coefficient (Wildman–Crippen LogP) is 2.13. The van der Waals surface area contributed by atoms with E-state index in [4.69, 9.17) is 9.73 Å². The summed E-state index contributed by atoms with van der Waals surface area (Å²) in [5.41, 5.74) is 2.56. The fraction of sp³-hybridized carbons (Fsp3) is 0.368. The van der Waals surface area contributed by atoms with Gasteiger partial charge in [0.05, 0.1) is 12.8 Å². The number of carbonyl (C=O) groups excluding carboxylic acids is 2. The Morgan fingerprint density at radius 2 is 1.92 bits per heavy atom. The van der Waals surface area contributed by atoms with Gasteiger partial charge in [-0.1, -0.05) is 18.2 Å². The summed E-state index contributed by atoms with van der Waals surface area (Å²) in [6, 6.07) is 7.42. The second-order valence-corrected chi connectivity index (χ2v) is 6.30. The first-order chi connectivity index (χ1) is 12.5. The molecule has 2 aliphatic rings. The molecule has 26 heavy (non-hydrogen) atoms. The summed E-state index contributed by atoms with van der Waals surface area (Å²) in [6.45, 7) is 2.39. The van der Waals surface area contributed by atoms with E-state index in [0.29, 0.717) is 24.5 Å². The van der Waals surface area contributed by atoms with Crippen LogP contribution in [0.4, 0.5) is 4.79 Å². The van der Waals surface area contributed by atoms with E-state index in [2.05, 4.69) is 4.99 Å². The minimum absolute atomic E-state index is 0.296. The molecule has 1 fully saturated rings. The number of aliphatic imine (C=N–C) groups is 2. The topological polar surface area (TPSA) is 74.6 Å². The first-order valence-electron chi connectivity index (χ1n) is 8.42. The number of rotatable bonds is 4. The number of benzene rings is 1. The molecule has 1 aromatic rings. The molecule has 0 saturated carbocycles. The Morgan fingerprint density at radius 1 is 1.19 bits per heavy atom. The zero-order chi connectivity index (χ0) is 18.8. The van der Waals surface area contributed by atoms with Crippen molar-refractivity contribution in [2.24, 2.45) is 15.9 Å². The molecule has 7 nitrogen and oxygen atoms in total. The van der Waals surface area contributed by atoms with Crippen LogP contribution >= 0.6 is 0 Å². The molecule has 0 aliphatic carbocycles. The lowest BCUT2D eigenvalue weighted by molar-refractivity contribution is -0.128. The van der Waals surface area contributed by atoms with Crippen LogP contribution in [0.1, 0.15) is 12.5 Å². The summed E-state index contributed by atoms with van der Waals surface area (Å²) in [5, 5.41) is 0. The van der Waals surface area contributed by atoms with E-state index in [0.717, 1.165) is 21.8 Å². The molecule has 0 bridgehead atoms. The average molecular weight is 354 g/mol. The van der Waals surface area contributed by atoms with Crippen LogP contribution in [0.25, 0.3) is 0 Å². The lowest BCUT2D eigenvalue weighted by Crippen LogP contribution is -2.59. The molecule has 7 heteroatoms. The van der Waals surface area contributed by atoms with Crippen molar-refractivity contribution >= 4 is 23.5 Å². The van der Waals surface area contributed by atoms with Gasteiger partial charge < -0.3 is 4.74 Å². The maximum atomic E-state index is 12.7. The highest BCUT2D eigenvalue weighted by Crippen LogP contribution is 2.25. The molecule has 136 valence electrons. The van der Waals surface area contributed by atoms with Gasteiger partial charge in [0.25, 0.3) is 0 Å². The van der Waals surface area contributed by atoms with Gasteiger partial charge in [-0.2, -0.15) is 0 Å². The highest BCUT2D eigenvalue weighted by Gasteiger charge is 2.44. The third-order valence-corrected chi connectivity index (χ3v) is 4.68. The third-order valence-electron chi connectivity index (χ3n) is 4.68. The number of fused-ring (bicyclic) bond motifs is 1. The summed E-state index contributed by atoms with van der Waals surface area (Å²) in [5.74, 6) is 0.324. The number of amidine groups is 1. The Hall–Kier alpha value is -2.96. The van der Waals surface area contributed by atoms with Gasteiger partial charge >= 0.3 is 6.03 Å². The quantitative estimate of drug-likeness (QED) is 0.831. The van der Waals surface area contributed by atoms with Gasteiger partial charge in [-0.15, -0.1) is 0 Å². The first-order valence-corrected chi connectivity index (χ1v) is 8.42. The van der Waals surface area contributed by atoms with Gasteiger partial charge in [-0.3, -0.25) is 19.6 Å². The van der Waals surface area contributed by atoms with Crippen molar-refractivity contribution in [3.8, 4) is 5.75 Å². The number of amides is 3. The molecule has 0 radical (unpaired) electrons. The van der Waals surface area contributed by atoms with E-state index >= 15 is 0 Å². The number of ether oxygens (including phenoxy) is 1. The zero-order valence-corrected chi connectivity index (χ0v) is 15.4. The Bertz CT molecular complexity index is 841. The van der Waals surface area contributed by atoms with E-state index < -0.39 is 5.92 Å². The molecule has 1 unspecified atom stereocenters. The number of nitrogens with zero attached hydrogens (tertiary/aromatic N) is 4. The number of hydrogen-bond acceptors (Lipinski definition) is 5. The summed E-state index contributed by atoms with van der Waals surface area (Å²) in [4.78, 5) is 36.3. The number of hydrogen-bond donors (Lipinski definition) is 0. The van der Waals surface area contributed by atoms with Gasteiger partial charge in [-0.05, 0) is 30.5 Å². The van der Waals surface area contributed by atoms with Crippen molar-refractivity contribution in [2.75, 3.05) is 27.7 Å². The van der Waals surface area contributed by atoms with Crippen LogP contribution in [-0.4, -0.2) is 61.0 Å². The van der Waals surface area contributed by atoms with E-state index in [1.54, 1.807) is 20.4 Å². The summed E-state index contributed by atoms with van der Waals surface area (Å²) >= 11 is 0. The normalized spacial score (nSPS) is 21.5. The number of carbonyl (C=O) groups is 2. The van der Waals surface area contributed by atoms with Gasteiger partial charge in [0.1, 0.15) is 17.5 Å².